The minimum atomic E-state index is 0.764. The third-order valence-electron chi connectivity index (χ3n) is 2.12. The van der Waals surface area contributed by atoms with Crippen LogP contribution in [0.25, 0.3) is 0 Å². The van der Waals surface area contributed by atoms with Crippen LogP contribution in [0.5, 0.6) is 0 Å². The Morgan fingerprint density at radius 2 is 2.50 bits per heavy atom. The molecule has 1 heterocycles. The molecule has 0 bridgehead atoms. The van der Waals surface area contributed by atoms with Crippen molar-refractivity contribution in [3.05, 3.63) is 0 Å². The topological polar surface area (TPSA) is 21.3 Å². The van der Waals surface area contributed by atoms with Crippen molar-refractivity contribution in [2.45, 2.75) is 25.3 Å². The number of rotatable bonds is 5. The van der Waals surface area contributed by atoms with E-state index in [1.54, 1.807) is 7.11 Å². The maximum atomic E-state index is 4.99. The predicted octanol–water partition coefficient (Wildman–Crippen LogP) is 1.51. The van der Waals surface area contributed by atoms with Gasteiger partial charge in [-0.2, -0.15) is 11.8 Å². The third kappa shape index (κ3) is 4.33. The van der Waals surface area contributed by atoms with Crippen LogP contribution in [0.4, 0.5) is 0 Å². The molecule has 0 aromatic heterocycles. The summed E-state index contributed by atoms with van der Waals surface area (Å²) in [6, 6.07) is 0.764. The van der Waals surface area contributed by atoms with Crippen LogP contribution in [0.15, 0.2) is 0 Å². The number of nitrogens with one attached hydrogen (secondary N) is 1. The van der Waals surface area contributed by atoms with Crippen LogP contribution in [0.2, 0.25) is 0 Å². The molecule has 1 atom stereocenters. The Balaban J connectivity index is 1.91. The van der Waals surface area contributed by atoms with Crippen molar-refractivity contribution in [3.63, 3.8) is 0 Å². The van der Waals surface area contributed by atoms with E-state index in [1.165, 1.54) is 24.3 Å². The van der Waals surface area contributed by atoms with E-state index in [-0.39, 0.29) is 0 Å². The molecular weight excluding hydrogens is 170 g/mol. The lowest BCUT2D eigenvalue weighted by Crippen LogP contribution is -2.34. The van der Waals surface area contributed by atoms with E-state index in [9.17, 15) is 0 Å². The molecule has 1 aliphatic heterocycles. The normalized spacial score (nSPS) is 24.2. The van der Waals surface area contributed by atoms with Crippen LogP contribution in [0, 0.1) is 0 Å². The van der Waals surface area contributed by atoms with Crippen molar-refractivity contribution in [1.82, 2.24) is 5.32 Å². The molecule has 0 aromatic rings. The monoisotopic (exact) mass is 189 g/mol. The molecule has 2 nitrogen and oxygen atoms in total. The number of hydrogen-bond acceptors (Lipinski definition) is 3. The van der Waals surface area contributed by atoms with Gasteiger partial charge < -0.3 is 10.1 Å². The summed E-state index contributed by atoms with van der Waals surface area (Å²) in [6.07, 6.45) is 3.88. The molecule has 0 unspecified atom stereocenters. The fraction of sp³-hybridized carbons (Fsp3) is 1.00. The molecule has 12 heavy (non-hydrogen) atoms. The van der Waals surface area contributed by atoms with Crippen LogP contribution in [0.3, 0.4) is 0 Å². The van der Waals surface area contributed by atoms with Crippen LogP contribution in [0.1, 0.15) is 19.3 Å². The van der Waals surface area contributed by atoms with Gasteiger partial charge in [0.15, 0.2) is 0 Å². The van der Waals surface area contributed by atoms with Gasteiger partial charge in [0, 0.05) is 25.5 Å². The molecule has 0 spiro atoms. The highest BCUT2D eigenvalue weighted by Crippen LogP contribution is 2.16. The van der Waals surface area contributed by atoms with Crippen molar-refractivity contribution in [3.8, 4) is 0 Å². The second-order valence-electron chi connectivity index (χ2n) is 3.21. The van der Waals surface area contributed by atoms with Gasteiger partial charge in [-0.05, 0) is 31.6 Å². The van der Waals surface area contributed by atoms with Crippen molar-refractivity contribution in [2.24, 2.45) is 0 Å². The van der Waals surface area contributed by atoms with Crippen LogP contribution < -0.4 is 5.32 Å². The molecular formula is C9H19NOS. The summed E-state index contributed by atoms with van der Waals surface area (Å²) in [4.78, 5) is 0. The van der Waals surface area contributed by atoms with Crippen molar-refractivity contribution in [2.75, 3.05) is 31.8 Å². The first-order valence-corrected chi connectivity index (χ1v) is 5.89. The minimum absolute atomic E-state index is 0.764. The Morgan fingerprint density at radius 1 is 1.58 bits per heavy atom. The van der Waals surface area contributed by atoms with E-state index in [0.717, 1.165) is 25.6 Å². The molecule has 72 valence electrons. The molecule has 1 aliphatic rings. The van der Waals surface area contributed by atoms with Gasteiger partial charge in [0.2, 0.25) is 0 Å². The molecule has 1 saturated heterocycles. The lowest BCUT2D eigenvalue weighted by molar-refractivity contribution is 0.193. The van der Waals surface area contributed by atoms with Crippen LogP contribution >= 0.6 is 11.8 Å². The van der Waals surface area contributed by atoms with Gasteiger partial charge >= 0.3 is 0 Å². The van der Waals surface area contributed by atoms with Crippen molar-refractivity contribution < 1.29 is 4.74 Å². The summed E-state index contributed by atoms with van der Waals surface area (Å²) in [5.41, 5.74) is 0. The van der Waals surface area contributed by atoms with E-state index in [2.05, 4.69) is 17.1 Å². The SMILES string of the molecule is COCCCN[C@H]1CCCSC1. The first-order valence-electron chi connectivity index (χ1n) is 4.73. The van der Waals surface area contributed by atoms with Gasteiger partial charge in [0.25, 0.3) is 0 Å². The number of ether oxygens (including phenoxy) is 1. The van der Waals surface area contributed by atoms with Crippen molar-refractivity contribution in [1.29, 1.82) is 0 Å². The summed E-state index contributed by atoms with van der Waals surface area (Å²) in [7, 11) is 1.76. The largest absolute Gasteiger partial charge is 0.385 e. The van der Waals surface area contributed by atoms with Gasteiger partial charge in [-0.1, -0.05) is 0 Å². The lowest BCUT2D eigenvalue weighted by Gasteiger charge is -2.22. The molecule has 3 heteroatoms. The Hall–Kier alpha value is 0.270. The van der Waals surface area contributed by atoms with Crippen LogP contribution in [-0.2, 0) is 4.74 Å². The molecule has 0 saturated carbocycles. The van der Waals surface area contributed by atoms with Crippen molar-refractivity contribution >= 4 is 11.8 Å². The highest BCUT2D eigenvalue weighted by molar-refractivity contribution is 7.99. The number of hydrogen-bond donors (Lipinski definition) is 1. The third-order valence-corrected chi connectivity index (χ3v) is 3.33. The Morgan fingerprint density at radius 3 is 3.17 bits per heavy atom. The fourth-order valence-corrected chi connectivity index (χ4v) is 2.53. The molecule has 0 amide bonds. The zero-order valence-corrected chi connectivity index (χ0v) is 8.66. The fourth-order valence-electron chi connectivity index (χ4n) is 1.42. The molecule has 1 fully saturated rings. The highest BCUT2D eigenvalue weighted by Gasteiger charge is 2.11. The van der Waals surface area contributed by atoms with Crippen LogP contribution in [-0.4, -0.2) is 37.8 Å². The molecule has 1 rings (SSSR count). The van der Waals surface area contributed by atoms with Gasteiger partial charge in [-0.3, -0.25) is 0 Å². The van der Waals surface area contributed by atoms with E-state index in [1.807, 2.05) is 0 Å². The molecule has 1 N–H and O–H groups in total. The summed E-state index contributed by atoms with van der Waals surface area (Å²) < 4.78 is 4.99. The first kappa shape index (κ1) is 10.4. The predicted molar refractivity (Wildman–Crippen MR) is 54.8 cm³/mol. The average molecular weight is 189 g/mol. The van der Waals surface area contributed by atoms with Gasteiger partial charge in [0.05, 0.1) is 0 Å². The Labute approximate surface area is 79.4 Å². The van der Waals surface area contributed by atoms with E-state index in [0.29, 0.717) is 0 Å². The van der Waals surface area contributed by atoms with E-state index >= 15 is 0 Å². The first-order chi connectivity index (χ1) is 5.93. The maximum absolute atomic E-state index is 4.99. The zero-order valence-electron chi connectivity index (χ0n) is 7.84. The zero-order chi connectivity index (χ0) is 8.65. The second-order valence-corrected chi connectivity index (χ2v) is 4.36. The quantitative estimate of drug-likeness (QED) is 0.662. The molecule has 0 aliphatic carbocycles. The minimum Gasteiger partial charge on any atom is -0.385 e. The average Bonchev–Trinajstić information content (AvgIpc) is 2.14. The summed E-state index contributed by atoms with van der Waals surface area (Å²) in [5.74, 6) is 2.66. The lowest BCUT2D eigenvalue weighted by atomic mass is 10.2. The molecule has 0 radical (unpaired) electrons. The van der Waals surface area contributed by atoms with Gasteiger partial charge in [0.1, 0.15) is 0 Å². The molecule has 0 aromatic carbocycles. The summed E-state index contributed by atoms with van der Waals surface area (Å²) in [6.45, 7) is 1.99. The van der Waals surface area contributed by atoms with Gasteiger partial charge in [-0.25, -0.2) is 0 Å². The maximum Gasteiger partial charge on any atom is 0.0474 e. The summed E-state index contributed by atoms with van der Waals surface area (Å²) in [5, 5.41) is 3.56. The smallest absolute Gasteiger partial charge is 0.0474 e. The standard InChI is InChI=1S/C9H19NOS/c1-11-6-3-5-10-9-4-2-7-12-8-9/h9-10H,2-8H2,1H3/t9-/m0/s1. The number of thioether (sulfide) groups is 1. The van der Waals surface area contributed by atoms with E-state index in [4.69, 9.17) is 4.74 Å². The van der Waals surface area contributed by atoms with Gasteiger partial charge in [-0.15, -0.1) is 0 Å². The highest BCUT2D eigenvalue weighted by atomic mass is 32.2. The second kappa shape index (κ2) is 6.75. The summed E-state index contributed by atoms with van der Waals surface area (Å²) >= 11 is 2.07. The van der Waals surface area contributed by atoms with E-state index < -0.39 is 0 Å². The Bertz CT molecular complexity index is 105. The number of methoxy groups -OCH3 is 1. The Kier molecular flexibility index (Phi) is 5.82.